The van der Waals surface area contributed by atoms with Gasteiger partial charge in [-0.2, -0.15) is 0 Å². The van der Waals surface area contributed by atoms with Crippen LogP contribution in [0, 0.1) is 22.7 Å². The van der Waals surface area contributed by atoms with Gasteiger partial charge >= 0.3 is 0 Å². The summed E-state index contributed by atoms with van der Waals surface area (Å²) >= 11 is 4.16. The molecule has 0 aliphatic heterocycles. The van der Waals surface area contributed by atoms with Gasteiger partial charge in [-0.15, -0.1) is 23.5 Å². The van der Waals surface area contributed by atoms with Crippen LogP contribution in [0.2, 0.25) is 0 Å². The molecule has 0 aromatic carbocycles. The second kappa shape index (κ2) is 7.63. The number of fused-ring (bicyclic) bond motifs is 5. The van der Waals surface area contributed by atoms with Crippen LogP contribution < -0.4 is 0 Å². The van der Waals surface area contributed by atoms with Gasteiger partial charge in [0.25, 0.3) is 0 Å². The molecule has 0 amide bonds. The van der Waals surface area contributed by atoms with Crippen LogP contribution in [-0.2, 0) is 4.79 Å². The zero-order chi connectivity index (χ0) is 22.1. The Morgan fingerprint density at radius 3 is 2.55 bits per heavy atom. The van der Waals surface area contributed by atoms with Crippen molar-refractivity contribution in [2.75, 3.05) is 6.26 Å². The first-order valence-electron chi connectivity index (χ1n) is 12.2. The molecular weight excluding hydrogens is 427 g/mol. The van der Waals surface area contributed by atoms with Gasteiger partial charge < -0.3 is 5.11 Å². The van der Waals surface area contributed by atoms with Gasteiger partial charge in [-0.25, -0.2) is 4.39 Å². The summed E-state index contributed by atoms with van der Waals surface area (Å²) in [5.41, 5.74) is -1.75. The molecule has 31 heavy (non-hydrogen) atoms. The van der Waals surface area contributed by atoms with Crippen LogP contribution in [0.25, 0.3) is 0 Å². The number of thioether (sulfide) groups is 2. The monoisotopic (exact) mass is 464 g/mol. The van der Waals surface area contributed by atoms with Crippen LogP contribution in [0.5, 0.6) is 0 Å². The average molecular weight is 465 g/mol. The Hall–Kier alpha value is -0.260. The maximum absolute atomic E-state index is 17.2. The lowest BCUT2D eigenvalue weighted by molar-refractivity contribution is -0.189. The summed E-state index contributed by atoms with van der Waals surface area (Å²) in [6.45, 7) is 4.29. The molecule has 0 aromatic heterocycles. The number of hydrogen-bond acceptors (Lipinski definition) is 4. The topological polar surface area (TPSA) is 37.3 Å². The van der Waals surface area contributed by atoms with E-state index < -0.39 is 17.2 Å². The third-order valence-electron chi connectivity index (χ3n) is 9.92. The molecule has 0 aromatic rings. The number of allylic oxidation sites excluding steroid dienone is 4. The van der Waals surface area contributed by atoms with E-state index in [4.69, 9.17) is 0 Å². The lowest BCUT2D eigenvalue weighted by Crippen LogP contribution is -2.67. The number of aliphatic hydroxyl groups excluding tert-OH is 1. The number of carbonyl (C=O) groups excluding carboxylic acids is 1. The molecular formula is C26H37FO2S2. The van der Waals surface area contributed by atoms with E-state index in [2.05, 4.69) is 24.9 Å². The maximum Gasteiger partial charge on any atom is 0.178 e. The van der Waals surface area contributed by atoms with Crippen molar-refractivity contribution in [1.82, 2.24) is 0 Å². The molecule has 0 bridgehead atoms. The summed E-state index contributed by atoms with van der Waals surface area (Å²) in [7, 11) is 0. The highest BCUT2D eigenvalue weighted by atomic mass is 32.2. The van der Waals surface area contributed by atoms with E-state index in [0.717, 1.165) is 31.3 Å². The Morgan fingerprint density at radius 2 is 1.84 bits per heavy atom. The highest BCUT2D eigenvalue weighted by molar-refractivity contribution is 8.18. The zero-order valence-electron chi connectivity index (χ0n) is 19.2. The van der Waals surface area contributed by atoms with Gasteiger partial charge in [-0.3, -0.25) is 4.79 Å². The van der Waals surface area contributed by atoms with E-state index in [0.29, 0.717) is 11.7 Å². The number of carbonyl (C=O) groups is 1. The van der Waals surface area contributed by atoms with Crippen molar-refractivity contribution in [1.29, 1.82) is 0 Å². The largest absolute Gasteiger partial charge is 0.390 e. The minimum atomic E-state index is -1.69. The SMILES string of the molecule is CS[C@]1(SC2CCCCC2)CC[C@H]2[C@@H]3CCC4=CC(=O)C=C[C@]4(C)C3(F)[C@@H](O)C[C@@]21C. The van der Waals surface area contributed by atoms with Crippen LogP contribution >= 0.6 is 23.5 Å². The number of halogens is 1. The molecule has 172 valence electrons. The van der Waals surface area contributed by atoms with Crippen molar-refractivity contribution in [3.8, 4) is 0 Å². The quantitative estimate of drug-likeness (QED) is 0.485. The Labute approximate surface area is 195 Å². The van der Waals surface area contributed by atoms with Gasteiger partial charge in [0, 0.05) is 16.6 Å². The Kier molecular flexibility index (Phi) is 5.54. The fourth-order valence-electron chi connectivity index (χ4n) is 8.19. The van der Waals surface area contributed by atoms with Gasteiger partial charge in [0.2, 0.25) is 0 Å². The smallest absolute Gasteiger partial charge is 0.178 e. The van der Waals surface area contributed by atoms with Gasteiger partial charge in [0.1, 0.15) is 0 Å². The number of alkyl halides is 1. The van der Waals surface area contributed by atoms with Gasteiger partial charge in [0.15, 0.2) is 11.5 Å². The maximum atomic E-state index is 17.2. The first-order chi connectivity index (χ1) is 14.7. The second-order valence-corrected chi connectivity index (χ2v) is 14.1. The van der Waals surface area contributed by atoms with Crippen LogP contribution in [0.4, 0.5) is 4.39 Å². The highest BCUT2D eigenvalue weighted by Gasteiger charge is 2.73. The molecule has 5 aliphatic carbocycles. The molecule has 2 nitrogen and oxygen atoms in total. The lowest BCUT2D eigenvalue weighted by Gasteiger charge is -2.63. The number of rotatable bonds is 3. The second-order valence-electron chi connectivity index (χ2n) is 11.1. The summed E-state index contributed by atoms with van der Waals surface area (Å²) in [6.07, 6.45) is 17.0. The van der Waals surface area contributed by atoms with E-state index in [-0.39, 0.29) is 27.1 Å². The molecule has 0 radical (unpaired) electrons. The van der Waals surface area contributed by atoms with Gasteiger partial charge in [-0.1, -0.05) is 37.8 Å². The van der Waals surface area contributed by atoms with Crippen LogP contribution in [-0.4, -0.2) is 38.2 Å². The van der Waals surface area contributed by atoms with Gasteiger partial charge in [0.05, 0.1) is 10.2 Å². The zero-order valence-corrected chi connectivity index (χ0v) is 20.8. The molecule has 1 unspecified atom stereocenters. The molecule has 5 rings (SSSR count). The normalized spacial score (nSPS) is 49.9. The van der Waals surface area contributed by atoms with Crippen molar-refractivity contribution in [2.24, 2.45) is 22.7 Å². The molecule has 0 heterocycles. The molecule has 1 N–H and O–H groups in total. The first kappa shape index (κ1) is 22.5. The van der Waals surface area contributed by atoms with Gasteiger partial charge in [-0.05, 0) is 81.6 Å². The van der Waals surface area contributed by atoms with Crippen molar-refractivity contribution in [3.05, 3.63) is 23.8 Å². The first-order valence-corrected chi connectivity index (χ1v) is 14.3. The Morgan fingerprint density at radius 1 is 1.10 bits per heavy atom. The average Bonchev–Trinajstić information content (AvgIpc) is 3.03. The predicted octanol–water partition coefficient (Wildman–Crippen LogP) is 6.48. The summed E-state index contributed by atoms with van der Waals surface area (Å²) in [4.78, 5) is 12.0. The van der Waals surface area contributed by atoms with Crippen LogP contribution in [0.3, 0.4) is 0 Å². The van der Waals surface area contributed by atoms with Crippen molar-refractivity contribution in [2.45, 2.75) is 99.2 Å². The fourth-order valence-corrected chi connectivity index (χ4v) is 11.9. The standard InChI is InChI=1S/C26H37FO2S2/c1-23-13-11-18(28)15-17(23)9-10-21-20-12-14-25(30-3,31-19-7-5-4-6-8-19)24(20,2)16-22(29)26(21,23)27/h11,13,15,19-22,29H,4-10,12,14,16H2,1-3H3/t20-,21-,22-,23-,24-,25-,26?/m0/s1. The van der Waals surface area contributed by atoms with Crippen LogP contribution in [0.15, 0.2) is 23.8 Å². The summed E-state index contributed by atoms with van der Waals surface area (Å²) in [5.74, 6) is 0.0897. The number of hydrogen-bond donors (Lipinski definition) is 1. The van der Waals surface area contributed by atoms with Crippen molar-refractivity contribution in [3.63, 3.8) is 0 Å². The third kappa shape index (κ3) is 2.97. The minimum Gasteiger partial charge on any atom is -0.390 e. The molecule has 5 heteroatoms. The Balaban J connectivity index is 1.51. The molecule has 4 saturated carbocycles. The molecule has 0 spiro atoms. The number of ketones is 1. The molecule has 0 saturated heterocycles. The van der Waals surface area contributed by atoms with E-state index >= 15 is 4.39 Å². The van der Waals surface area contributed by atoms with Crippen molar-refractivity contribution < 1.29 is 14.3 Å². The summed E-state index contributed by atoms with van der Waals surface area (Å²) in [6, 6.07) is 0. The summed E-state index contributed by atoms with van der Waals surface area (Å²) in [5, 5.41) is 12.2. The Bertz CT molecular complexity index is 820. The third-order valence-corrected chi connectivity index (χ3v) is 13.9. The van der Waals surface area contributed by atoms with E-state index in [1.165, 1.54) is 38.2 Å². The molecule has 4 fully saturated rings. The van der Waals surface area contributed by atoms with E-state index in [1.54, 1.807) is 12.2 Å². The predicted molar refractivity (Wildman–Crippen MR) is 129 cm³/mol. The fraction of sp³-hybridized carbons (Fsp3) is 0.808. The lowest BCUT2D eigenvalue weighted by atomic mass is 9.46. The van der Waals surface area contributed by atoms with Crippen molar-refractivity contribution >= 4 is 29.3 Å². The van der Waals surface area contributed by atoms with E-state index in [1.807, 2.05) is 18.7 Å². The summed E-state index contributed by atoms with van der Waals surface area (Å²) < 4.78 is 17.3. The minimum absolute atomic E-state index is 0.0455. The highest BCUT2D eigenvalue weighted by Crippen LogP contribution is 2.74. The molecule has 5 aliphatic rings. The molecule has 7 atom stereocenters. The van der Waals surface area contributed by atoms with Crippen LogP contribution in [0.1, 0.15) is 78.1 Å². The number of aliphatic hydroxyl groups is 1. The van der Waals surface area contributed by atoms with E-state index in [9.17, 15) is 9.90 Å².